The summed E-state index contributed by atoms with van der Waals surface area (Å²) in [4.78, 5) is 14.9. The number of carbonyl (C=O) groups is 1. The molecule has 1 aromatic heterocycles. The number of hydrogen-bond acceptors (Lipinski definition) is 5. The van der Waals surface area contributed by atoms with E-state index in [2.05, 4.69) is 10.3 Å². The zero-order valence-corrected chi connectivity index (χ0v) is 12.3. The molecule has 1 aromatic carbocycles. The summed E-state index contributed by atoms with van der Waals surface area (Å²) in [6, 6.07) is 12.5. The molecule has 0 bridgehead atoms. The summed E-state index contributed by atoms with van der Waals surface area (Å²) < 4.78 is 10.6. The quantitative estimate of drug-likeness (QED) is 0.729. The molecule has 0 aliphatic heterocycles. The third-order valence-electron chi connectivity index (χ3n) is 2.95. The Morgan fingerprint density at radius 3 is 2.77 bits per heavy atom. The lowest BCUT2D eigenvalue weighted by atomic mass is 10.2. The minimum atomic E-state index is -1.05. The number of rotatable bonds is 8. The Labute approximate surface area is 128 Å². The number of benzene rings is 1. The van der Waals surface area contributed by atoms with Crippen molar-refractivity contribution in [1.29, 1.82) is 0 Å². The zero-order chi connectivity index (χ0) is 15.8. The highest BCUT2D eigenvalue weighted by molar-refractivity contribution is 5.85. The second-order valence-electron chi connectivity index (χ2n) is 4.52. The average molecular weight is 302 g/mol. The first kappa shape index (κ1) is 15.8. The highest BCUT2D eigenvalue weighted by Gasteiger charge is 2.06. The molecule has 0 aliphatic rings. The van der Waals surface area contributed by atoms with E-state index in [0.29, 0.717) is 25.6 Å². The van der Waals surface area contributed by atoms with Crippen molar-refractivity contribution < 1.29 is 19.4 Å². The number of pyridine rings is 1. The van der Waals surface area contributed by atoms with Gasteiger partial charge in [0.2, 0.25) is 0 Å². The van der Waals surface area contributed by atoms with E-state index in [4.69, 9.17) is 14.6 Å². The molecule has 2 N–H and O–H groups in total. The van der Waals surface area contributed by atoms with Gasteiger partial charge >= 0.3 is 5.97 Å². The predicted octanol–water partition coefficient (Wildman–Crippen LogP) is 2.42. The van der Waals surface area contributed by atoms with Crippen LogP contribution in [0.5, 0.6) is 5.75 Å². The Morgan fingerprint density at radius 2 is 2.00 bits per heavy atom. The fourth-order valence-corrected chi connectivity index (χ4v) is 1.86. The first-order valence-electron chi connectivity index (χ1n) is 6.84. The van der Waals surface area contributed by atoms with Crippen LogP contribution in [0.2, 0.25) is 0 Å². The average Bonchev–Trinajstić information content (AvgIpc) is 2.54. The number of nitrogens with zero attached hydrogens (tertiary/aromatic N) is 1. The van der Waals surface area contributed by atoms with E-state index in [1.807, 2.05) is 24.3 Å². The van der Waals surface area contributed by atoms with Gasteiger partial charge in [0.1, 0.15) is 18.2 Å². The van der Waals surface area contributed by atoms with Crippen molar-refractivity contribution in [3.63, 3.8) is 0 Å². The maximum absolute atomic E-state index is 10.9. The Bertz CT molecular complexity index is 631. The Hall–Kier alpha value is -2.60. The number of para-hydroxylation sites is 1. The molecule has 0 unspecified atom stereocenters. The lowest BCUT2D eigenvalue weighted by Gasteiger charge is -2.12. The summed E-state index contributed by atoms with van der Waals surface area (Å²) >= 11 is 0. The predicted molar refractivity (Wildman–Crippen MR) is 82.3 cm³/mol. The van der Waals surface area contributed by atoms with Gasteiger partial charge in [-0.05, 0) is 18.2 Å². The van der Waals surface area contributed by atoms with Crippen molar-refractivity contribution in [2.45, 2.75) is 6.54 Å². The van der Waals surface area contributed by atoms with Crippen molar-refractivity contribution >= 4 is 11.8 Å². The number of anilines is 1. The molecule has 6 heteroatoms. The van der Waals surface area contributed by atoms with Crippen LogP contribution in [0.1, 0.15) is 16.1 Å². The Balaban J connectivity index is 2.02. The Kier molecular flexibility index (Phi) is 5.73. The van der Waals surface area contributed by atoms with Crippen LogP contribution in [0.3, 0.4) is 0 Å². The molecule has 0 saturated heterocycles. The molecular formula is C16H18N2O4. The first-order valence-corrected chi connectivity index (χ1v) is 6.84. The fourth-order valence-electron chi connectivity index (χ4n) is 1.86. The highest BCUT2D eigenvalue weighted by Crippen LogP contribution is 2.19. The normalized spacial score (nSPS) is 10.2. The molecule has 0 amide bonds. The van der Waals surface area contributed by atoms with Crippen molar-refractivity contribution in [3.8, 4) is 5.75 Å². The second-order valence-corrected chi connectivity index (χ2v) is 4.52. The maximum atomic E-state index is 10.9. The Morgan fingerprint density at radius 1 is 1.18 bits per heavy atom. The molecule has 2 rings (SSSR count). The molecule has 0 aliphatic carbocycles. The lowest BCUT2D eigenvalue weighted by Crippen LogP contribution is -2.09. The van der Waals surface area contributed by atoms with E-state index < -0.39 is 5.97 Å². The minimum Gasteiger partial charge on any atom is -0.491 e. The van der Waals surface area contributed by atoms with Gasteiger partial charge in [-0.15, -0.1) is 0 Å². The molecule has 116 valence electrons. The number of nitrogens with one attached hydrogen (secondary N) is 1. The molecule has 22 heavy (non-hydrogen) atoms. The van der Waals surface area contributed by atoms with Crippen LogP contribution >= 0.6 is 0 Å². The lowest BCUT2D eigenvalue weighted by molar-refractivity contribution is 0.0690. The SMILES string of the molecule is COCCOc1ccccc1CNc1cccc(C(=O)O)n1. The number of aromatic nitrogens is 1. The van der Waals surface area contributed by atoms with Crippen LogP contribution in [0, 0.1) is 0 Å². The van der Waals surface area contributed by atoms with Crippen LogP contribution in [0.15, 0.2) is 42.5 Å². The first-order chi connectivity index (χ1) is 10.7. The highest BCUT2D eigenvalue weighted by atomic mass is 16.5. The van der Waals surface area contributed by atoms with E-state index in [1.165, 1.54) is 6.07 Å². The van der Waals surface area contributed by atoms with Crippen LogP contribution in [-0.2, 0) is 11.3 Å². The number of hydrogen-bond donors (Lipinski definition) is 2. The van der Waals surface area contributed by atoms with Gasteiger partial charge in [0.25, 0.3) is 0 Å². The van der Waals surface area contributed by atoms with Gasteiger partial charge in [-0.3, -0.25) is 0 Å². The van der Waals surface area contributed by atoms with E-state index in [0.717, 1.165) is 11.3 Å². The molecule has 0 fully saturated rings. The van der Waals surface area contributed by atoms with E-state index in [-0.39, 0.29) is 5.69 Å². The van der Waals surface area contributed by atoms with Gasteiger partial charge in [-0.25, -0.2) is 9.78 Å². The van der Waals surface area contributed by atoms with Gasteiger partial charge in [-0.2, -0.15) is 0 Å². The fraction of sp³-hybridized carbons (Fsp3) is 0.250. The molecule has 0 atom stereocenters. The number of ether oxygens (including phenoxy) is 2. The van der Waals surface area contributed by atoms with Crippen molar-refractivity contribution in [3.05, 3.63) is 53.7 Å². The maximum Gasteiger partial charge on any atom is 0.354 e. The summed E-state index contributed by atoms with van der Waals surface area (Å²) in [5.74, 6) is 0.222. The van der Waals surface area contributed by atoms with E-state index in [1.54, 1.807) is 19.2 Å². The largest absolute Gasteiger partial charge is 0.491 e. The van der Waals surface area contributed by atoms with E-state index in [9.17, 15) is 4.79 Å². The standard InChI is InChI=1S/C16H18N2O4/c1-21-9-10-22-14-7-3-2-5-12(14)11-17-15-8-4-6-13(18-15)16(19)20/h2-8H,9-11H2,1H3,(H,17,18)(H,19,20). The summed E-state index contributed by atoms with van der Waals surface area (Å²) in [5.41, 5.74) is 0.968. The smallest absolute Gasteiger partial charge is 0.354 e. The van der Waals surface area contributed by atoms with Gasteiger partial charge < -0.3 is 19.9 Å². The second kappa shape index (κ2) is 7.99. The molecule has 0 spiro atoms. The van der Waals surface area contributed by atoms with Crippen molar-refractivity contribution in [2.24, 2.45) is 0 Å². The topological polar surface area (TPSA) is 80.7 Å². The monoisotopic (exact) mass is 302 g/mol. The summed E-state index contributed by atoms with van der Waals surface area (Å²) in [5, 5.41) is 12.0. The summed E-state index contributed by atoms with van der Waals surface area (Å²) in [7, 11) is 1.62. The molecule has 1 heterocycles. The summed E-state index contributed by atoms with van der Waals surface area (Å²) in [6.45, 7) is 1.48. The van der Waals surface area contributed by atoms with Gasteiger partial charge in [-0.1, -0.05) is 24.3 Å². The van der Waals surface area contributed by atoms with Crippen LogP contribution in [0.4, 0.5) is 5.82 Å². The molecule has 6 nitrogen and oxygen atoms in total. The van der Waals surface area contributed by atoms with Crippen molar-refractivity contribution in [1.82, 2.24) is 4.98 Å². The number of methoxy groups -OCH3 is 1. The molecular weight excluding hydrogens is 284 g/mol. The van der Waals surface area contributed by atoms with Gasteiger partial charge in [0, 0.05) is 19.2 Å². The van der Waals surface area contributed by atoms with Crippen LogP contribution in [-0.4, -0.2) is 36.4 Å². The third kappa shape index (κ3) is 4.46. The number of aromatic carboxylic acids is 1. The molecule has 0 radical (unpaired) electrons. The van der Waals surface area contributed by atoms with Crippen molar-refractivity contribution in [2.75, 3.05) is 25.6 Å². The molecule has 0 saturated carbocycles. The van der Waals surface area contributed by atoms with Gasteiger partial charge in [0.15, 0.2) is 5.69 Å². The zero-order valence-electron chi connectivity index (χ0n) is 12.3. The molecule has 2 aromatic rings. The van der Waals surface area contributed by atoms with Crippen LogP contribution in [0.25, 0.3) is 0 Å². The van der Waals surface area contributed by atoms with Gasteiger partial charge in [0.05, 0.1) is 6.61 Å². The number of carboxylic acids is 1. The third-order valence-corrected chi connectivity index (χ3v) is 2.95. The number of carboxylic acid groups (broad SMARTS) is 1. The van der Waals surface area contributed by atoms with Crippen LogP contribution < -0.4 is 10.1 Å². The summed E-state index contributed by atoms with van der Waals surface area (Å²) in [6.07, 6.45) is 0. The minimum absolute atomic E-state index is 0.00892. The van der Waals surface area contributed by atoms with E-state index >= 15 is 0 Å².